The fourth-order valence-corrected chi connectivity index (χ4v) is 1.40. The van der Waals surface area contributed by atoms with Crippen LogP contribution in [0.1, 0.15) is 41.0 Å². The number of rotatable bonds is 11. The normalized spacial score (nSPS) is 13.8. The van der Waals surface area contributed by atoms with Crippen LogP contribution >= 0.6 is 0 Å². The lowest BCUT2D eigenvalue weighted by molar-refractivity contribution is -0.0479. The van der Waals surface area contributed by atoms with Crippen molar-refractivity contribution in [3.05, 3.63) is 0 Å². The van der Waals surface area contributed by atoms with Gasteiger partial charge in [0.05, 0.1) is 24.9 Å². The van der Waals surface area contributed by atoms with Crippen molar-refractivity contribution in [3.8, 4) is 0 Å². The second kappa shape index (κ2) is 10.7. The van der Waals surface area contributed by atoms with Crippen molar-refractivity contribution in [1.82, 2.24) is 5.32 Å². The van der Waals surface area contributed by atoms with Crippen molar-refractivity contribution in [1.29, 1.82) is 0 Å². The molecule has 0 aliphatic carbocycles. The van der Waals surface area contributed by atoms with Crippen LogP contribution in [0.15, 0.2) is 0 Å². The van der Waals surface area contributed by atoms with Gasteiger partial charge < -0.3 is 19.5 Å². The van der Waals surface area contributed by atoms with E-state index in [2.05, 4.69) is 33.0 Å². The summed E-state index contributed by atoms with van der Waals surface area (Å²) >= 11 is 0. The fraction of sp³-hybridized carbons (Fsp3) is 1.00. The van der Waals surface area contributed by atoms with Gasteiger partial charge in [0.1, 0.15) is 0 Å². The van der Waals surface area contributed by atoms with E-state index in [9.17, 15) is 0 Å². The zero-order valence-corrected chi connectivity index (χ0v) is 12.8. The molecule has 0 aromatic rings. The third kappa shape index (κ3) is 13.9. The molecule has 0 heterocycles. The lowest BCUT2D eigenvalue weighted by Crippen LogP contribution is -2.30. The second-order valence-corrected chi connectivity index (χ2v) is 5.40. The zero-order chi connectivity index (χ0) is 13.9. The van der Waals surface area contributed by atoms with Gasteiger partial charge in [0.15, 0.2) is 0 Å². The molecule has 1 atom stereocenters. The smallest absolute Gasteiger partial charge is 0.0707 e. The lowest BCUT2D eigenvalue weighted by Gasteiger charge is -2.20. The predicted molar refractivity (Wildman–Crippen MR) is 75.1 cm³/mol. The Balaban J connectivity index is 3.25. The zero-order valence-electron chi connectivity index (χ0n) is 12.8. The molecule has 0 bridgehead atoms. The van der Waals surface area contributed by atoms with E-state index in [0.29, 0.717) is 13.2 Å². The van der Waals surface area contributed by atoms with Gasteiger partial charge in [-0.05, 0) is 47.6 Å². The highest BCUT2D eigenvalue weighted by Gasteiger charge is 2.09. The van der Waals surface area contributed by atoms with Crippen molar-refractivity contribution in [2.24, 2.45) is 0 Å². The van der Waals surface area contributed by atoms with Gasteiger partial charge in [-0.25, -0.2) is 0 Å². The van der Waals surface area contributed by atoms with E-state index >= 15 is 0 Å². The molecule has 4 nitrogen and oxygen atoms in total. The molecule has 0 rings (SSSR count). The number of ether oxygens (including phenoxy) is 3. The van der Waals surface area contributed by atoms with Crippen LogP contribution in [-0.4, -0.2) is 51.2 Å². The molecule has 1 unspecified atom stereocenters. The topological polar surface area (TPSA) is 39.7 Å². The molecule has 4 heteroatoms. The predicted octanol–water partition coefficient (Wildman–Crippen LogP) is 2.22. The first kappa shape index (κ1) is 17.8. The van der Waals surface area contributed by atoms with Gasteiger partial charge in [-0.15, -0.1) is 0 Å². The molecule has 18 heavy (non-hydrogen) atoms. The summed E-state index contributed by atoms with van der Waals surface area (Å²) in [6.45, 7) is 15.0. The van der Waals surface area contributed by atoms with Crippen LogP contribution in [-0.2, 0) is 14.2 Å². The first-order chi connectivity index (χ1) is 8.45. The Morgan fingerprint density at radius 2 is 1.83 bits per heavy atom. The van der Waals surface area contributed by atoms with Gasteiger partial charge in [0, 0.05) is 19.8 Å². The molecule has 0 fully saturated rings. The SMILES string of the molecule is CCOCCCNCC(C)OCCOC(C)(C)C. The van der Waals surface area contributed by atoms with Gasteiger partial charge in [-0.3, -0.25) is 0 Å². The maximum absolute atomic E-state index is 5.65. The standard InChI is InChI=1S/C14H31NO3/c1-6-16-9-7-8-15-12-13(2)17-10-11-18-14(3,4)5/h13,15H,6-12H2,1-5H3. The summed E-state index contributed by atoms with van der Waals surface area (Å²) < 4.78 is 16.5. The van der Waals surface area contributed by atoms with Crippen LogP contribution in [0.4, 0.5) is 0 Å². The van der Waals surface area contributed by atoms with Crippen LogP contribution in [0.3, 0.4) is 0 Å². The molecule has 0 saturated carbocycles. The van der Waals surface area contributed by atoms with Crippen molar-refractivity contribution >= 4 is 0 Å². The number of nitrogens with one attached hydrogen (secondary N) is 1. The largest absolute Gasteiger partial charge is 0.382 e. The summed E-state index contributed by atoms with van der Waals surface area (Å²) in [7, 11) is 0. The third-order valence-electron chi connectivity index (χ3n) is 2.30. The van der Waals surface area contributed by atoms with Crippen molar-refractivity contribution < 1.29 is 14.2 Å². The minimum Gasteiger partial charge on any atom is -0.382 e. The number of hydrogen-bond donors (Lipinski definition) is 1. The quantitative estimate of drug-likeness (QED) is 0.579. The van der Waals surface area contributed by atoms with E-state index in [1.165, 1.54) is 0 Å². The van der Waals surface area contributed by atoms with E-state index in [4.69, 9.17) is 14.2 Å². The van der Waals surface area contributed by atoms with Crippen LogP contribution in [0.25, 0.3) is 0 Å². The molecule has 0 aliphatic heterocycles. The molecule has 0 aromatic carbocycles. The van der Waals surface area contributed by atoms with Crippen molar-refractivity contribution in [2.75, 3.05) is 39.5 Å². The third-order valence-corrected chi connectivity index (χ3v) is 2.30. The van der Waals surface area contributed by atoms with Gasteiger partial charge in [-0.2, -0.15) is 0 Å². The first-order valence-electron chi connectivity index (χ1n) is 6.99. The molecule has 0 amide bonds. The molecular formula is C14H31NO3. The molecular weight excluding hydrogens is 230 g/mol. The highest BCUT2D eigenvalue weighted by Crippen LogP contribution is 2.05. The molecule has 0 radical (unpaired) electrons. The molecule has 0 aromatic heterocycles. The molecule has 0 saturated heterocycles. The summed E-state index contributed by atoms with van der Waals surface area (Å²) in [5.41, 5.74) is -0.0792. The highest BCUT2D eigenvalue weighted by atomic mass is 16.5. The van der Waals surface area contributed by atoms with Gasteiger partial charge in [0.2, 0.25) is 0 Å². The van der Waals surface area contributed by atoms with Crippen LogP contribution < -0.4 is 5.32 Å². The maximum atomic E-state index is 5.65. The fourth-order valence-electron chi connectivity index (χ4n) is 1.40. The van der Waals surface area contributed by atoms with Gasteiger partial charge >= 0.3 is 0 Å². The summed E-state index contributed by atoms with van der Waals surface area (Å²) in [6.07, 6.45) is 1.27. The molecule has 1 N–H and O–H groups in total. The molecule has 0 aliphatic rings. The van der Waals surface area contributed by atoms with Crippen LogP contribution in [0.5, 0.6) is 0 Å². The molecule has 0 spiro atoms. The minimum absolute atomic E-state index is 0.0792. The van der Waals surface area contributed by atoms with Crippen molar-refractivity contribution in [2.45, 2.75) is 52.7 Å². The van der Waals surface area contributed by atoms with Crippen molar-refractivity contribution in [3.63, 3.8) is 0 Å². The maximum Gasteiger partial charge on any atom is 0.0707 e. The van der Waals surface area contributed by atoms with Crippen LogP contribution in [0.2, 0.25) is 0 Å². The summed E-state index contributed by atoms with van der Waals surface area (Å²) in [5.74, 6) is 0. The summed E-state index contributed by atoms with van der Waals surface area (Å²) in [4.78, 5) is 0. The van der Waals surface area contributed by atoms with E-state index < -0.39 is 0 Å². The number of hydrogen-bond acceptors (Lipinski definition) is 4. The highest BCUT2D eigenvalue weighted by molar-refractivity contribution is 4.59. The van der Waals surface area contributed by atoms with E-state index in [1.54, 1.807) is 0 Å². The average molecular weight is 261 g/mol. The van der Waals surface area contributed by atoms with E-state index in [0.717, 1.165) is 32.7 Å². The Morgan fingerprint density at radius 1 is 1.11 bits per heavy atom. The Kier molecular flexibility index (Phi) is 10.6. The van der Waals surface area contributed by atoms with Gasteiger partial charge in [0.25, 0.3) is 0 Å². The van der Waals surface area contributed by atoms with Gasteiger partial charge in [-0.1, -0.05) is 0 Å². The second-order valence-electron chi connectivity index (χ2n) is 5.40. The van der Waals surface area contributed by atoms with Crippen LogP contribution in [0, 0.1) is 0 Å². The minimum atomic E-state index is -0.0792. The van der Waals surface area contributed by atoms with E-state index in [-0.39, 0.29) is 11.7 Å². The summed E-state index contributed by atoms with van der Waals surface area (Å²) in [5, 5.41) is 3.36. The Morgan fingerprint density at radius 3 is 2.44 bits per heavy atom. The Hall–Kier alpha value is -0.160. The lowest BCUT2D eigenvalue weighted by atomic mass is 10.2. The Labute approximate surface area is 112 Å². The first-order valence-corrected chi connectivity index (χ1v) is 6.99. The average Bonchev–Trinajstić information content (AvgIpc) is 2.28. The van der Waals surface area contributed by atoms with E-state index in [1.807, 2.05) is 6.92 Å². The Bertz CT molecular complexity index is 180. The monoisotopic (exact) mass is 261 g/mol. The summed E-state index contributed by atoms with van der Waals surface area (Å²) in [6, 6.07) is 0. The molecule has 110 valence electrons.